The number of likely N-dealkylation sites (tertiary alicyclic amines) is 1. The van der Waals surface area contributed by atoms with Crippen molar-refractivity contribution in [3.63, 3.8) is 0 Å². The molecule has 2 fully saturated rings. The molecule has 34 heavy (non-hydrogen) atoms. The van der Waals surface area contributed by atoms with Gasteiger partial charge in [0.05, 0.1) is 16.9 Å². The van der Waals surface area contributed by atoms with E-state index < -0.39 is 0 Å². The van der Waals surface area contributed by atoms with Crippen molar-refractivity contribution in [1.82, 2.24) is 4.90 Å². The lowest BCUT2D eigenvalue weighted by molar-refractivity contribution is -0.116. The van der Waals surface area contributed by atoms with Gasteiger partial charge < -0.3 is 4.90 Å². The predicted molar refractivity (Wildman–Crippen MR) is 131 cm³/mol. The second-order valence-corrected chi connectivity index (χ2v) is 9.90. The maximum Gasteiger partial charge on any atom is 0.283 e. The van der Waals surface area contributed by atoms with Gasteiger partial charge in [-0.25, -0.2) is 10.0 Å². The summed E-state index contributed by atoms with van der Waals surface area (Å²) in [6.45, 7) is 6.11. The highest BCUT2D eigenvalue weighted by Crippen LogP contribution is 2.46. The summed E-state index contributed by atoms with van der Waals surface area (Å²) in [5.41, 5.74) is 3.21. The number of amides is 2. The van der Waals surface area contributed by atoms with E-state index in [-0.39, 0.29) is 22.8 Å². The number of hydrogen-bond donors (Lipinski definition) is 0. The summed E-state index contributed by atoms with van der Waals surface area (Å²) >= 11 is 0. The normalized spacial score (nSPS) is 20.4. The molecule has 6 heteroatoms. The van der Waals surface area contributed by atoms with Gasteiger partial charge in [0, 0.05) is 18.8 Å². The molecule has 0 spiro atoms. The van der Waals surface area contributed by atoms with Gasteiger partial charge in [-0.15, -0.1) is 0 Å². The molecule has 0 unspecified atom stereocenters. The first-order valence-corrected chi connectivity index (χ1v) is 11.8. The first-order chi connectivity index (χ1) is 16.4. The fourth-order valence-electron chi connectivity index (χ4n) is 5.29. The van der Waals surface area contributed by atoms with Crippen LogP contribution in [0.5, 0.6) is 0 Å². The monoisotopic (exact) mass is 452 g/mol. The first-order valence-electron chi connectivity index (χ1n) is 11.8. The van der Waals surface area contributed by atoms with Gasteiger partial charge in [-0.3, -0.25) is 9.59 Å². The third-order valence-electron chi connectivity index (χ3n) is 6.81. The van der Waals surface area contributed by atoms with E-state index in [1.54, 1.807) is 0 Å². The van der Waals surface area contributed by atoms with Crippen LogP contribution >= 0.6 is 0 Å². The Bertz CT molecular complexity index is 1170. The van der Waals surface area contributed by atoms with Gasteiger partial charge in [-0.1, -0.05) is 50.2 Å². The fourth-order valence-corrected chi connectivity index (χ4v) is 5.29. The highest BCUT2D eigenvalue weighted by molar-refractivity contribution is 6.36. The summed E-state index contributed by atoms with van der Waals surface area (Å²) in [5.74, 6) is -0.775. The maximum atomic E-state index is 14.0. The zero-order chi connectivity index (χ0) is 23.9. The molecular formula is C28H28N4O2. The third kappa shape index (κ3) is 3.67. The van der Waals surface area contributed by atoms with Crippen molar-refractivity contribution in [2.75, 3.05) is 23.1 Å². The maximum absolute atomic E-state index is 14.0. The molecular weight excluding hydrogens is 424 g/mol. The zero-order valence-electron chi connectivity index (χ0n) is 19.6. The molecule has 2 heterocycles. The van der Waals surface area contributed by atoms with E-state index in [9.17, 15) is 14.9 Å². The lowest BCUT2D eigenvalue weighted by atomic mass is 9.72. The molecule has 0 saturated carbocycles. The van der Waals surface area contributed by atoms with Crippen molar-refractivity contribution in [2.45, 2.75) is 39.5 Å². The van der Waals surface area contributed by atoms with Crippen LogP contribution in [-0.4, -0.2) is 29.8 Å². The van der Waals surface area contributed by atoms with Crippen molar-refractivity contribution < 1.29 is 9.59 Å². The molecule has 2 saturated heterocycles. The molecule has 0 N–H and O–H groups in total. The number of allylic oxidation sites excluding steroid dienone is 3. The summed E-state index contributed by atoms with van der Waals surface area (Å²) in [6, 6.07) is 20.8. The van der Waals surface area contributed by atoms with Crippen molar-refractivity contribution in [3.8, 4) is 6.07 Å². The number of hydrogen-bond acceptors (Lipinski definition) is 4. The zero-order valence-corrected chi connectivity index (χ0v) is 19.6. The lowest BCUT2D eigenvalue weighted by Crippen LogP contribution is -2.41. The largest absolute Gasteiger partial charge is 0.374 e. The van der Waals surface area contributed by atoms with Crippen molar-refractivity contribution >= 4 is 23.2 Å². The molecule has 6 nitrogen and oxygen atoms in total. The number of rotatable bonds is 3. The highest BCUT2D eigenvalue weighted by atomic mass is 16.2. The average Bonchev–Trinajstić information content (AvgIpc) is 3.45. The second-order valence-electron chi connectivity index (χ2n) is 9.90. The molecule has 0 bridgehead atoms. The van der Waals surface area contributed by atoms with Crippen LogP contribution in [0.25, 0.3) is 0 Å². The minimum atomic E-state index is -0.388. The summed E-state index contributed by atoms with van der Waals surface area (Å²) in [7, 11) is 0. The topological polar surface area (TPSA) is 67.6 Å². The van der Waals surface area contributed by atoms with Crippen LogP contribution in [0.3, 0.4) is 0 Å². The molecule has 0 aromatic heterocycles. The lowest BCUT2D eigenvalue weighted by Gasteiger charge is -2.37. The Morgan fingerprint density at radius 2 is 1.29 bits per heavy atom. The van der Waals surface area contributed by atoms with E-state index in [0.29, 0.717) is 28.9 Å². The van der Waals surface area contributed by atoms with Gasteiger partial charge in [0.1, 0.15) is 11.6 Å². The molecule has 2 aromatic rings. The smallest absolute Gasteiger partial charge is 0.283 e. The number of anilines is 2. The Balaban J connectivity index is 1.72. The number of benzene rings is 2. The molecule has 172 valence electrons. The Labute approximate surface area is 200 Å². The molecule has 2 amide bonds. The third-order valence-corrected chi connectivity index (χ3v) is 6.81. The van der Waals surface area contributed by atoms with Crippen LogP contribution in [0.2, 0.25) is 0 Å². The van der Waals surface area contributed by atoms with E-state index in [1.807, 2.05) is 60.7 Å². The van der Waals surface area contributed by atoms with Crippen LogP contribution in [0, 0.1) is 16.7 Å². The molecule has 2 aromatic carbocycles. The van der Waals surface area contributed by atoms with E-state index >= 15 is 0 Å². The summed E-state index contributed by atoms with van der Waals surface area (Å²) in [5, 5.41) is 13.1. The van der Waals surface area contributed by atoms with Gasteiger partial charge in [0.25, 0.3) is 11.8 Å². The molecule has 2 aliphatic heterocycles. The first kappa shape index (κ1) is 22.0. The minimum absolute atomic E-state index is 0.105. The van der Waals surface area contributed by atoms with Gasteiger partial charge in [0.15, 0.2) is 0 Å². The summed E-state index contributed by atoms with van der Waals surface area (Å²) in [6.07, 6.45) is 3.46. The predicted octanol–water partition coefficient (Wildman–Crippen LogP) is 4.97. The van der Waals surface area contributed by atoms with Gasteiger partial charge in [-0.2, -0.15) is 5.26 Å². The Kier molecular flexibility index (Phi) is 5.49. The van der Waals surface area contributed by atoms with Gasteiger partial charge in [0.2, 0.25) is 0 Å². The quantitative estimate of drug-likeness (QED) is 0.487. The number of carbonyl (C=O) groups is 2. The fraction of sp³-hybridized carbons (Fsp3) is 0.321. The molecule has 0 atom stereocenters. The summed E-state index contributed by atoms with van der Waals surface area (Å²) in [4.78, 5) is 30.2. The molecule has 1 aliphatic carbocycles. The van der Waals surface area contributed by atoms with Crippen LogP contribution in [0.15, 0.2) is 83.1 Å². The van der Waals surface area contributed by atoms with Crippen LogP contribution in [0.4, 0.5) is 11.4 Å². The van der Waals surface area contributed by atoms with Gasteiger partial charge in [-0.05, 0) is 60.9 Å². The van der Waals surface area contributed by atoms with Crippen molar-refractivity contribution in [2.24, 2.45) is 5.41 Å². The Morgan fingerprint density at radius 3 is 1.76 bits per heavy atom. The molecule has 5 rings (SSSR count). The van der Waals surface area contributed by atoms with Crippen molar-refractivity contribution in [3.05, 3.63) is 83.1 Å². The van der Waals surface area contributed by atoms with Crippen LogP contribution < -0.4 is 10.0 Å². The van der Waals surface area contributed by atoms with Crippen LogP contribution in [-0.2, 0) is 9.59 Å². The SMILES string of the molecule is CC1(C)CC(=C2C(=O)N(c3ccccc3)N(c3ccccc3)C2=O)C(C#N)=C(N2CCCC2)C1. The van der Waals surface area contributed by atoms with E-state index in [0.717, 1.165) is 38.0 Å². The van der Waals surface area contributed by atoms with E-state index in [1.165, 1.54) is 10.0 Å². The van der Waals surface area contributed by atoms with E-state index in [4.69, 9.17) is 0 Å². The van der Waals surface area contributed by atoms with Crippen molar-refractivity contribution in [1.29, 1.82) is 5.26 Å². The van der Waals surface area contributed by atoms with Gasteiger partial charge >= 0.3 is 0 Å². The highest BCUT2D eigenvalue weighted by Gasteiger charge is 2.47. The number of carbonyl (C=O) groups excluding carboxylic acids is 2. The standard InChI is InChI=1S/C28H28N4O2/c1-28(2)17-22(23(19-29)24(18-28)30-15-9-10-16-30)25-26(33)31(20-11-5-3-6-12-20)32(27(25)34)21-13-7-4-8-14-21/h3-8,11-14H,9-10,15-18H2,1-2H3. The molecule has 0 radical (unpaired) electrons. The average molecular weight is 453 g/mol. The summed E-state index contributed by atoms with van der Waals surface area (Å²) < 4.78 is 0. The number of nitrogens with zero attached hydrogens (tertiary/aromatic N) is 4. The number of nitriles is 1. The molecule has 3 aliphatic rings. The Morgan fingerprint density at radius 1 is 0.794 bits per heavy atom. The second kappa shape index (κ2) is 8.49. The van der Waals surface area contributed by atoms with Crippen LogP contribution in [0.1, 0.15) is 39.5 Å². The van der Waals surface area contributed by atoms with E-state index in [2.05, 4.69) is 24.8 Å². The Hall–Kier alpha value is -3.85. The number of para-hydroxylation sites is 2. The number of hydrazine groups is 1. The minimum Gasteiger partial charge on any atom is -0.374 e.